The number of rotatable bonds is 7. The number of hydrazine groups is 1. The average molecular weight is 460 g/mol. The summed E-state index contributed by atoms with van der Waals surface area (Å²) in [5, 5.41) is 5.70. The summed E-state index contributed by atoms with van der Waals surface area (Å²) in [5.41, 5.74) is 9.47. The lowest BCUT2D eigenvalue weighted by atomic mass is 10.0. The van der Waals surface area contributed by atoms with E-state index in [9.17, 15) is 4.79 Å². The molecule has 0 saturated carbocycles. The first-order chi connectivity index (χ1) is 16.0. The fourth-order valence-electron chi connectivity index (χ4n) is 5.06. The molecule has 0 spiro atoms. The van der Waals surface area contributed by atoms with Crippen LogP contribution in [0.25, 0.3) is 10.1 Å². The van der Waals surface area contributed by atoms with Crippen molar-refractivity contribution in [3.05, 3.63) is 81.9 Å². The highest BCUT2D eigenvalue weighted by atomic mass is 32.1. The van der Waals surface area contributed by atoms with Crippen molar-refractivity contribution >= 4 is 27.3 Å². The molecule has 3 aromatic rings. The van der Waals surface area contributed by atoms with Gasteiger partial charge in [0.05, 0.1) is 12.1 Å². The maximum absolute atomic E-state index is 13.6. The fourth-order valence-corrected chi connectivity index (χ4v) is 6.12. The minimum Gasteiger partial charge on any atom is -0.331 e. The highest BCUT2D eigenvalue weighted by molar-refractivity contribution is 7.17. The number of nitrogens with one attached hydrogen (secondary N) is 1. The average Bonchev–Trinajstić information content (AvgIpc) is 3.43. The van der Waals surface area contributed by atoms with Gasteiger partial charge in [-0.15, -0.1) is 11.3 Å². The van der Waals surface area contributed by atoms with E-state index in [1.165, 1.54) is 51.6 Å². The molecule has 0 bridgehead atoms. The Labute approximate surface area is 200 Å². The van der Waals surface area contributed by atoms with Gasteiger partial charge in [-0.2, -0.15) is 0 Å². The number of hydrogen-bond acceptors (Lipinski definition) is 4. The topological polar surface area (TPSA) is 35.6 Å². The van der Waals surface area contributed by atoms with E-state index >= 15 is 0 Å². The normalized spacial score (nSPS) is 20.5. The monoisotopic (exact) mass is 459 g/mol. The van der Waals surface area contributed by atoms with Crippen LogP contribution in [0.2, 0.25) is 0 Å². The Bertz CT molecular complexity index is 1180. The molecule has 0 aliphatic carbocycles. The maximum atomic E-state index is 13.6. The Morgan fingerprint density at radius 3 is 2.70 bits per heavy atom. The predicted octanol–water partition coefficient (Wildman–Crippen LogP) is 6.25. The molecule has 5 rings (SSSR count). The molecule has 4 nitrogen and oxygen atoms in total. The molecular formula is C28H33N3OS. The number of piperazine rings is 1. The number of fused-ring (bicyclic) bond motifs is 2. The number of carbonyl (C=O) groups excluding carboxylic acids is 1. The molecule has 2 aliphatic heterocycles. The van der Waals surface area contributed by atoms with Crippen LogP contribution in [0, 0.1) is 13.8 Å². The van der Waals surface area contributed by atoms with E-state index < -0.39 is 0 Å². The molecule has 5 heteroatoms. The van der Waals surface area contributed by atoms with Gasteiger partial charge in [0, 0.05) is 17.8 Å². The summed E-state index contributed by atoms with van der Waals surface area (Å²) in [7, 11) is 0. The van der Waals surface area contributed by atoms with Crippen LogP contribution in [0.15, 0.2) is 59.6 Å². The Kier molecular flexibility index (Phi) is 6.26. The summed E-state index contributed by atoms with van der Waals surface area (Å²) in [4.78, 5) is 15.7. The van der Waals surface area contributed by atoms with E-state index in [4.69, 9.17) is 0 Å². The van der Waals surface area contributed by atoms with Gasteiger partial charge < -0.3 is 4.90 Å². The lowest BCUT2D eigenvalue weighted by molar-refractivity contribution is -0.135. The Morgan fingerprint density at radius 1 is 1.09 bits per heavy atom. The largest absolute Gasteiger partial charge is 0.331 e. The molecule has 1 amide bonds. The smallest absolute Gasteiger partial charge is 0.271 e. The molecule has 1 saturated heterocycles. The quantitative estimate of drug-likeness (QED) is 0.424. The zero-order chi connectivity index (χ0) is 22.9. The molecule has 1 aromatic heterocycles. The molecule has 3 heterocycles. The van der Waals surface area contributed by atoms with E-state index in [2.05, 4.69) is 90.0 Å². The van der Waals surface area contributed by atoms with Gasteiger partial charge in [-0.25, -0.2) is 5.43 Å². The van der Waals surface area contributed by atoms with Crippen molar-refractivity contribution < 1.29 is 4.79 Å². The summed E-state index contributed by atoms with van der Waals surface area (Å²) in [6, 6.07) is 15.4. The minimum atomic E-state index is 0.0431. The summed E-state index contributed by atoms with van der Waals surface area (Å²) in [5.74, 6) is 0.133. The fraction of sp³-hybridized carbons (Fsp3) is 0.393. The molecule has 33 heavy (non-hydrogen) atoms. The molecule has 2 aromatic carbocycles. The van der Waals surface area contributed by atoms with Gasteiger partial charge in [-0.3, -0.25) is 9.80 Å². The van der Waals surface area contributed by atoms with E-state index in [1.807, 2.05) is 0 Å². The SMILES string of the molecule is CCCCCC1CN(Cc2cccc3c(C)csc23)C(=O)C2=CC(c3ccc(C)cc3)NN21. The number of thiophene rings is 1. The second-order valence-electron chi connectivity index (χ2n) is 9.49. The van der Waals surface area contributed by atoms with Crippen LogP contribution in [0.5, 0.6) is 0 Å². The van der Waals surface area contributed by atoms with E-state index in [-0.39, 0.29) is 11.9 Å². The second-order valence-corrected chi connectivity index (χ2v) is 10.4. The Morgan fingerprint density at radius 2 is 1.91 bits per heavy atom. The number of hydrogen-bond donors (Lipinski definition) is 1. The minimum absolute atomic E-state index is 0.0431. The van der Waals surface area contributed by atoms with Crippen molar-refractivity contribution in [3.63, 3.8) is 0 Å². The van der Waals surface area contributed by atoms with E-state index in [1.54, 1.807) is 11.3 Å². The van der Waals surface area contributed by atoms with Crippen LogP contribution in [-0.2, 0) is 11.3 Å². The molecule has 172 valence electrons. The summed E-state index contributed by atoms with van der Waals surface area (Å²) >= 11 is 1.79. The van der Waals surface area contributed by atoms with Gasteiger partial charge >= 0.3 is 0 Å². The van der Waals surface area contributed by atoms with Crippen LogP contribution in [0.4, 0.5) is 0 Å². The number of benzene rings is 2. The van der Waals surface area contributed by atoms with Crippen molar-refractivity contribution in [1.82, 2.24) is 15.3 Å². The summed E-state index contributed by atoms with van der Waals surface area (Å²) < 4.78 is 1.31. The van der Waals surface area contributed by atoms with Crippen molar-refractivity contribution in [2.75, 3.05) is 6.54 Å². The van der Waals surface area contributed by atoms with Gasteiger partial charge in [-0.05, 0) is 53.8 Å². The van der Waals surface area contributed by atoms with Crippen LogP contribution >= 0.6 is 11.3 Å². The van der Waals surface area contributed by atoms with E-state index in [0.29, 0.717) is 12.6 Å². The third-order valence-electron chi connectivity index (χ3n) is 6.98. The van der Waals surface area contributed by atoms with Gasteiger partial charge in [0.2, 0.25) is 0 Å². The van der Waals surface area contributed by atoms with Gasteiger partial charge in [0.15, 0.2) is 0 Å². The molecule has 1 fully saturated rings. The van der Waals surface area contributed by atoms with Crippen molar-refractivity contribution in [2.45, 2.75) is 65.1 Å². The van der Waals surface area contributed by atoms with Crippen molar-refractivity contribution in [3.8, 4) is 0 Å². The van der Waals surface area contributed by atoms with Crippen molar-refractivity contribution in [1.29, 1.82) is 0 Å². The van der Waals surface area contributed by atoms with Gasteiger partial charge in [0.25, 0.3) is 5.91 Å². The highest BCUT2D eigenvalue weighted by Crippen LogP contribution is 2.34. The maximum Gasteiger partial charge on any atom is 0.271 e. The molecular weight excluding hydrogens is 426 g/mol. The second kappa shape index (κ2) is 9.32. The standard InChI is InChI=1S/C28H33N3OS/c1-4-5-6-9-23-17-30(16-22-8-7-10-24-20(3)18-33-27(22)24)28(32)26-15-25(29-31(23)26)21-13-11-19(2)12-14-21/h7-8,10-15,18,23,25,29H,4-6,9,16-17H2,1-3H3. The number of carbonyl (C=O) groups is 1. The highest BCUT2D eigenvalue weighted by Gasteiger charge is 2.40. The number of unbranched alkanes of at least 4 members (excludes halogenated alkanes) is 2. The third-order valence-corrected chi connectivity index (χ3v) is 8.17. The van der Waals surface area contributed by atoms with Gasteiger partial charge in [-0.1, -0.05) is 74.2 Å². The lowest BCUT2D eigenvalue weighted by Gasteiger charge is -2.41. The zero-order valence-corrected chi connectivity index (χ0v) is 20.6. The van der Waals surface area contributed by atoms with Crippen LogP contribution < -0.4 is 5.43 Å². The van der Waals surface area contributed by atoms with Gasteiger partial charge in [0.1, 0.15) is 5.70 Å². The third kappa shape index (κ3) is 4.32. The first kappa shape index (κ1) is 22.2. The molecule has 2 atom stereocenters. The summed E-state index contributed by atoms with van der Waals surface area (Å²) in [6.45, 7) is 7.94. The first-order valence-electron chi connectivity index (χ1n) is 12.1. The van der Waals surface area contributed by atoms with Crippen molar-refractivity contribution in [2.24, 2.45) is 0 Å². The number of aryl methyl sites for hydroxylation is 2. The number of nitrogens with zero attached hydrogens (tertiary/aromatic N) is 2. The van der Waals surface area contributed by atoms with E-state index in [0.717, 1.165) is 18.7 Å². The lowest BCUT2D eigenvalue weighted by Crippen LogP contribution is -2.56. The molecule has 2 unspecified atom stereocenters. The predicted molar refractivity (Wildman–Crippen MR) is 137 cm³/mol. The Balaban J connectivity index is 1.43. The molecule has 1 N–H and O–H groups in total. The van der Waals surface area contributed by atoms with Crippen LogP contribution in [-0.4, -0.2) is 28.4 Å². The molecule has 0 radical (unpaired) electrons. The number of amides is 1. The first-order valence-corrected chi connectivity index (χ1v) is 13.0. The summed E-state index contributed by atoms with van der Waals surface area (Å²) in [6.07, 6.45) is 6.83. The molecule has 2 aliphatic rings. The van der Waals surface area contributed by atoms with Crippen LogP contribution in [0.3, 0.4) is 0 Å². The van der Waals surface area contributed by atoms with Crippen LogP contribution in [0.1, 0.15) is 60.9 Å². The zero-order valence-electron chi connectivity index (χ0n) is 19.8. The Hall–Kier alpha value is -2.63.